The lowest BCUT2D eigenvalue weighted by atomic mass is 10.0. The van der Waals surface area contributed by atoms with Gasteiger partial charge in [0, 0.05) is 44.4 Å². The van der Waals surface area contributed by atoms with E-state index in [1.165, 1.54) is 24.5 Å². The molecule has 0 spiro atoms. The number of fused-ring (bicyclic) bond motifs is 3. The molecule has 5 rings (SSSR count). The summed E-state index contributed by atoms with van der Waals surface area (Å²) in [5.41, 5.74) is 2.37. The number of benzene rings is 1. The summed E-state index contributed by atoms with van der Waals surface area (Å²) in [7, 11) is 1.72. The summed E-state index contributed by atoms with van der Waals surface area (Å²) < 4.78 is 20.5. The van der Waals surface area contributed by atoms with Crippen molar-refractivity contribution in [1.29, 1.82) is 5.26 Å². The van der Waals surface area contributed by atoms with Crippen molar-refractivity contribution in [1.82, 2.24) is 29.7 Å². The first-order valence-electron chi connectivity index (χ1n) is 10.4. The third-order valence-electron chi connectivity index (χ3n) is 6.02. The molecular formula is C21H21FN8O3. The van der Waals surface area contributed by atoms with Crippen LogP contribution >= 0.6 is 0 Å². The zero-order chi connectivity index (χ0) is 23.1. The maximum Gasteiger partial charge on any atom is 0.272 e. The summed E-state index contributed by atoms with van der Waals surface area (Å²) in [6, 6.07) is 5.76. The Morgan fingerprint density at radius 1 is 1.39 bits per heavy atom. The number of amides is 1. The summed E-state index contributed by atoms with van der Waals surface area (Å²) in [4.78, 5) is 20.7. The van der Waals surface area contributed by atoms with Crippen LogP contribution < -0.4 is 5.32 Å². The molecule has 3 aromatic rings. The normalized spacial score (nSPS) is 19.4. The third kappa shape index (κ3) is 3.81. The number of rotatable bonds is 4. The molecule has 2 unspecified atom stereocenters. The lowest BCUT2D eigenvalue weighted by molar-refractivity contribution is 0.0159. The number of anilines is 1. The summed E-state index contributed by atoms with van der Waals surface area (Å²) >= 11 is 0. The first kappa shape index (κ1) is 21.0. The second-order valence-electron chi connectivity index (χ2n) is 8.16. The molecular weight excluding hydrogens is 431 g/mol. The van der Waals surface area contributed by atoms with Crippen LogP contribution in [0.5, 0.6) is 0 Å². The van der Waals surface area contributed by atoms with Crippen molar-refractivity contribution in [3.8, 4) is 6.07 Å². The van der Waals surface area contributed by atoms with Gasteiger partial charge in [0.2, 0.25) is 5.89 Å². The van der Waals surface area contributed by atoms with E-state index in [-0.39, 0.29) is 17.4 Å². The largest absolute Gasteiger partial charge is 0.361 e. The minimum atomic E-state index is -1.10. The molecule has 4 heterocycles. The van der Waals surface area contributed by atoms with Crippen molar-refractivity contribution in [3.63, 3.8) is 0 Å². The Labute approximate surface area is 188 Å². The van der Waals surface area contributed by atoms with E-state index in [1.807, 2.05) is 0 Å². The number of likely N-dealkylation sites (N-methyl/N-ethyl adjacent to an activating group) is 1. The fraction of sp³-hybridized carbons (Fsp3) is 0.381. The Hall–Kier alpha value is -3.82. The SMILES string of the molecule is CN1CC(c2ncno2)Cn2nc3c(c2C1=O)CN(C(O)Nc1ccc(F)c(C#N)c1)CC3. The van der Waals surface area contributed by atoms with E-state index in [0.29, 0.717) is 49.9 Å². The Kier molecular flexibility index (Phi) is 5.27. The Morgan fingerprint density at radius 3 is 3.00 bits per heavy atom. The van der Waals surface area contributed by atoms with Gasteiger partial charge in [-0.25, -0.2) is 4.39 Å². The van der Waals surface area contributed by atoms with Crippen molar-refractivity contribution in [2.24, 2.45) is 0 Å². The van der Waals surface area contributed by atoms with Gasteiger partial charge in [-0.15, -0.1) is 0 Å². The number of hydrogen-bond acceptors (Lipinski definition) is 9. The molecule has 12 heteroatoms. The fourth-order valence-electron chi connectivity index (χ4n) is 4.35. The van der Waals surface area contributed by atoms with Crippen LogP contribution in [0, 0.1) is 17.1 Å². The first-order valence-corrected chi connectivity index (χ1v) is 10.4. The van der Waals surface area contributed by atoms with E-state index in [0.717, 1.165) is 11.3 Å². The smallest absolute Gasteiger partial charge is 0.272 e. The number of carbonyl (C=O) groups is 1. The monoisotopic (exact) mass is 452 g/mol. The molecule has 2 aliphatic heterocycles. The molecule has 2 aromatic heterocycles. The average molecular weight is 452 g/mol. The number of aliphatic hydroxyl groups is 1. The summed E-state index contributed by atoms with van der Waals surface area (Å²) in [5, 5.41) is 31.0. The van der Waals surface area contributed by atoms with Crippen LogP contribution in [0.2, 0.25) is 0 Å². The molecule has 0 fully saturated rings. The quantitative estimate of drug-likeness (QED) is 0.553. The minimum absolute atomic E-state index is 0.112. The first-order chi connectivity index (χ1) is 15.9. The van der Waals surface area contributed by atoms with Crippen molar-refractivity contribution in [2.45, 2.75) is 31.8 Å². The molecule has 33 heavy (non-hydrogen) atoms. The zero-order valence-corrected chi connectivity index (χ0v) is 17.8. The molecule has 0 saturated carbocycles. The highest BCUT2D eigenvalue weighted by Crippen LogP contribution is 2.29. The maximum atomic E-state index is 13.6. The van der Waals surface area contributed by atoms with Gasteiger partial charge in [0.05, 0.1) is 23.7 Å². The van der Waals surface area contributed by atoms with Gasteiger partial charge in [-0.3, -0.25) is 14.4 Å². The Morgan fingerprint density at radius 2 is 2.24 bits per heavy atom. The van der Waals surface area contributed by atoms with Gasteiger partial charge >= 0.3 is 0 Å². The van der Waals surface area contributed by atoms with Gasteiger partial charge in [0.25, 0.3) is 5.91 Å². The van der Waals surface area contributed by atoms with Crippen LogP contribution in [-0.4, -0.2) is 67.2 Å². The number of aliphatic hydroxyl groups excluding tert-OH is 1. The molecule has 0 aliphatic carbocycles. The second kappa shape index (κ2) is 8.27. The number of carbonyl (C=O) groups excluding carboxylic acids is 1. The van der Waals surface area contributed by atoms with Gasteiger partial charge in [0.15, 0.2) is 12.7 Å². The molecule has 2 atom stereocenters. The topological polar surface area (TPSA) is 136 Å². The lowest BCUT2D eigenvalue weighted by Gasteiger charge is -2.32. The van der Waals surface area contributed by atoms with E-state index in [9.17, 15) is 14.3 Å². The lowest BCUT2D eigenvalue weighted by Crippen LogP contribution is -2.44. The van der Waals surface area contributed by atoms with Crippen LogP contribution in [0.25, 0.3) is 0 Å². The van der Waals surface area contributed by atoms with Gasteiger partial charge in [-0.05, 0) is 18.2 Å². The summed E-state index contributed by atoms with van der Waals surface area (Å²) in [6.45, 7) is 1.64. The van der Waals surface area contributed by atoms with Gasteiger partial charge < -0.3 is 19.8 Å². The van der Waals surface area contributed by atoms with Crippen LogP contribution in [-0.2, 0) is 19.5 Å². The highest BCUT2D eigenvalue weighted by atomic mass is 19.1. The molecule has 170 valence electrons. The number of nitriles is 1. The highest BCUT2D eigenvalue weighted by Gasteiger charge is 2.36. The standard InChI is InChI=1S/C21H21FN8O3/c1-28-8-13(19-24-11-25-33-19)9-30-18(20(28)31)15-10-29(5-4-17(15)27-30)21(32)26-14-2-3-16(22)12(6-14)7-23/h2-3,6,11,13,21,26,32H,4-5,8-10H2,1H3. The number of nitrogens with one attached hydrogen (secondary N) is 1. The van der Waals surface area contributed by atoms with E-state index in [4.69, 9.17) is 9.78 Å². The average Bonchev–Trinajstić information content (AvgIpc) is 3.44. The molecule has 2 aliphatic rings. The predicted molar refractivity (Wildman–Crippen MR) is 111 cm³/mol. The van der Waals surface area contributed by atoms with Crippen LogP contribution in [0.1, 0.15) is 39.1 Å². The molecule has 2 N–H and O–H groups in total. The van der Waals surface area contributed by atoms with Crippen molar-refractivity contribution in [3.05, 3.63) is 58.7 Å². The highest BCUT2D eigenvalue weighted by molar-refractivity contribution is 5.94. The van der Waals surface area contributed by atoms with Crippen molar-refractivity contribution in [2.75, 3.05) is 25.5 Å². The van der Waals surface area contributed by atoms with Gasteiger partial charge in [-0.2, -0.15) is 15.3 Å². The maximum absolute atomic E-state index is 13.6. The molecule has 0 bridgehead atoms. The summed E-state index contributed by atoms with van der Waals surface area (Å²) in [5.74, 6) is -0.509. The van der Waals surface area contributed by atoms with E-state index in [2.05, 4.69) is 20.6 Å². The number of nitrogens with zero attached hydrogens (tertiary/aromatic N) is 7. The van der Waals surface area contributed by atoms with Crippen LogP contribution in [0.4, 0.5) is 10.1 Å². The van der Waals surface area contributed by atoms with Crippen LogP contribution in [0.3, 0.4) is 0 Å². The van der Waals surface area contributed by atoms with Gasteiger partial charge in [-0.1, -0.05) is 5.16 Å². The molecule has 11 nitrogen and oxygen atoms in total. The van der Waals surface area contributed by atoms with E-state index >= 15 is 0 Å². The molecule has 0 saturated heterocycles. The van der Waals surface area contributed by atoms with E-state index < -0.39 is 12.2 Å². The van der Waals surface area contributed by atoms with Crippen LogP contribution in [0.15, 0.2) is 29.0 Å². The van der Waals surface area contributed by atoms with Crippen molar-refractivity contribution < 1.29 is 18.8 Å². The third-order valence-corrected chi connectivity index (χ3v) is 6.02. The number of halogens is 1. The van der Waals surface area contributed by atoms with Gasteiger partial charge in [0.1, 0.15) is 17.6 Å². The zero-order valence-electron chi connectivity index (χ0n) is 17.8. The Balaban J connectivity index is 1.39. The summed E-state index contributed by atoms with van der Waals surface area (Å²) in [6.07, 6.45) is 0.781. The molecule has 1 amide bonds. The Bertz CT molecular complexity index is 1240. The molecule has 0 radical (unpaired) electrons. The predicted octanol–water partition coefficient (Wildman–Crippen LogP) is 0.892. The number of hydrogen-bond donors (Lipinski definition) is 2. The van der Waals surface area contributed by atoms with E-state index in [1.54, 1.807) is 27.6 Å². The minimum Gasteiger partial charge on any atom is -0.361 e. The second-order valence-corrected chi connectivity index (χ2v) is 8.16. The number of aromatic nitrogens is 4. The fourth-order valence-corrected chi connectivity index (χ4v) is 4.35. The molecule has 1 aromatic carbocycles. The van der Waals surface area contributed by atoms with Crippen molar-refractivity contribution >= 4 is 11.6 Å².